The number of methoxy groups -OCH3 is 1. The van der Waals surface area contributed by atoms with Gasteiger partial charge in [-0.25, -0.2) is 4.79 Å². The number of benzene rings is 2. The number of ether oxygens (including phenoxy) is 1. The molecular formula is C20H22N2O2. The van der Waals surface area contributed by atoms with Crippen molar-refractivity contribution in [3.63, 3.8) is 0 Å². The average molecular weight is 322 g/mol. The molecule has 3 rings (SSSR count). The fourth-order valence-corrected chi connectivity index (χ4v) is 2.81. The Hall–Kier alpha value is -2.75. The Kier molecular flexibility index (Phi) is 4.56. The molecule has 1 aliphatic heterocycles. The minimum absolute atomic E-state index is 0.0105. The Morgan fingerprint density at radius 3 is 2.21 bits per heavy atom. The molecule has 4 heteroatoms. The summed E-state index contributed by atoms with van der Waals surface area (Å²) in [5.41, 5.74) is 4.25. The quantitative estimate of drug-likeness (QED) is 0.835. The molecule has 2 aromatic carbocycles. The highest BCUT2D eigenvalue weighted by Crippen LogP contribution is 2.23. The largest absolute Gasteiger partial charge is 0.497 e. The first-order chi connectivity index (χ1) is 11.6. The maximum absolute atomic E-state index is 12.7. The SMILES string of the molecule is C=C1CN(Cc2ccc(OC)cc2)C(=O)N1Cc1ccc(C)cc1. The van der Waals surface area contributed by atoms with Gasteiger partial charge < -0.3 is 9.64 Å². The maximum atomic E-state index is 12.7. The molecule has 1 saturated heterocycles. The normalized spacial score (nSPS) is 14.4. The Morgan fingerprint density at radius 2 is 1.58 bits per heavy atom. The molecule has 0 unspecified atom stereocenters. The van der Waals surface area contributed by atoms with Crippen molar-refractivity contribution in [2.24, 2.45) is 0 Å². The average Bonchev–Trinajstić information content (AvgIpc) is 2.85. The minimum Gasteiger partial charge on any atom is -0.497 e. The summed E-state index contributed by atoms with van der Waals surface area (Å²) >= 11 is 0. The van der Waals surface area contributed by atoms with Gasteiger partial charge in [-0.15, -0.1) is 0 Å². The van der Waals surface area contributed by atoms with Gasteiger partial charge in [-0.2, -0.15) is 0 Å². The third-order valence-corrected chi connectivity index (χ3v) is 4.25. The molecule has 2 aromatic rings. The van der Waals surface area contributed by atoms with E-state index in [1.807, 2.05) is 29.2 Å². The zero-order valence-corrected chi connectivity index (χ0v) is 14.2. The molecule has 0 spiro atoms. The van der Waals surface area contributed by atoms with Crippen LogP contribution in [0.2, 0.25) is 0 Å². The number of urea groups is 1. The van der Waals surface area contributed by atoms with Crippen LogP contribution in [-0.4, -0.2) is 29.5 Å². The van der Waals surface area contributed by atoms with Crippen LogP contribution in [0.15, 0.2) is 60.8 Å². The molecule has 1 heterocycles. The van der Waals surface area contributed by atoms with Crippen molar-refractivity contribution in [1.82, 2.24) is 9.80 Å². The van der Waals surface area contributed by atoms with Gasteiger partial charge in [0.2, 0.25) is 0 Å². The Morgan fingerprint density at radius 1 is 1.00 bits per heavy atom. The second kappa shape index (κ2) is 6.79. The number of hydrogen-bond donors (Lipinski definition) is 0. The molecule has 4 nitrogen and oxygen atoms in total. The Balaban J connectivity index is 1.67. The number of nitrogens with zero attached hydrogens (tertiary/aromatic N) is 2. The third-order valence-electron chi connectivity index (χ3n) is 4.25. The summed E-state index contributed by atoms with van der Waals surface area (Å²) < 4.78 is 5.17. The fraction of sp³-hybridized carbons (Fsp3) is 0.250. The Bertz CT molecular complexity index is 735. The predicted octanol–water partition coefficient (Wildman–Crippen LogP) is 3.96. The summed E-state index contributed by atoms with van der Waals surface area (Å²) in [6.45, 7) is 7.83. The van der Waals surface area contributed by atoms with E-state index in [1.165, 1.54) is 5.56 Å². The molecule has 1 aliphatic rings. The van der Waals surface area contributed by atoms with Crippen LogP contribution >= 0.6 is 0 Å². The van der Waals surface area contributed by atoms with E-state index >= 15 is 0 Å². The maximum Gasteiger partial charge on any atom is 0.325 e. The smallest absolute Gasteiger partial charge is 0.325 e. The zero-order chi connectivity index (χ0) is 17.1. The lowest BCUT2D eigenvalue weighted by Crippen LogP contribution is -2.30. The number of carbonyl (C=O) groups is 1. The van der Waals surface area contributed by atoms with Gasteiger partial charge >= 0.3 is 6.03 Å². The highest BCUT2D eigenvalue weighted by molar-refractivity contribution is 5.79. The van der Waals surface area contributed by atoms with Crippen molar-refractivity contribution in [2.45, 2.75) is 20.0 Å². The Labute approximate surface area is 143 Å². The molecule has 0 atom stereocenters. The van der Waals surface area contributed by atoms with E-state index in [2.05, 4.69) is 37.8 Å². The topological polar surface area (TPSA) is 32.8 Å². The van der Waals surface area contributed by atoms with Gasteiger partial charge in [0.15, 0.2) is 0 Å². The molecule has 0 aromatic heterocycles. The number of hydrogen-bond acceptors (Lipinski definition) is 2. The van der Waals surface area contributed by atoms with Crippen LogP contribution in [-0.2, 0) is 13.1 Å². The molecule has 124 valence electrons. The molecule has 1 fully saturated rings. The summed E-state index contributed by atoms with van der Waals surface area (Å²) in [6.07, 6.45) is 0. The van der Waals surface area contributed by atoms with Crippen molar-refractivity contribution in [1.29, 1.82) is 0 Å². The lowest BCUT2D eigenvalue weighted by molar-refractivity contribution is 0.191. The van der Waals surface area contributed by atoms with Crippen molar-refractivity contribution in [2.75, 3.05) is 13.7 Å². The predicted molar refractivity (Wildman–Crippen MR) is 94.7 cm³/mol. The number of carbonyl (C=O) groups excluding carboxylic acids is 1. The van der Waals surface area contributed by atoms with Crippen molar-refractivity contribution in [3.8, 4) is 5.75 Å². The second-order valence-electron chi connectivity index (χ2n) is 6.12. The van der Waals surface area contributed by atoms with Gasteiger partial charge in [-0.1, -0.05) is 48.5 Å². The first kappa shape index (κ1) is 16.1. The number of rotatable bonds is 5. The van der Waals surface area contributed by atoms with Gasteiger partial charge in [0.25, 0.3) is 0 Å². The van der Waals surface area contributed by atoms with E-state index in [-0.39, 0.29) is 6.03 Å². The van der Waals surface area contributed by atoms with Crippen molar-refractivity contribution >= 4 is 6.03 Å². The van der Waals surface area contributed by atoms with E-state index in [0.717, 1.165) is 22.6 Å². The number of aryl methyl sites for hydroxylation is 1. The van der Waals surface area contributed by atoms with Gasteiger partial charge in [0.05, 0.1) is 20.2 Å². The lowest BCUT2D eigenvalue weighted by atomic mass is 10.1. The van der Waals surface area contributed by atoms with Crippen LogP contribution in [0, 0.1) is 6.92 Å². The van der Waals surface area contributed by atoms with Gasteiger partial charge in [0.1, 0.15) is 5.75 Å². The molecule has 0 saturated carbocycles. The third kappa shape index (κ3) is 3.43. The summed E-state index contributed by atoms with van der Waals surface area (Å²) in [5.74, 6) is 0.817. The monoisotopic (exact) mass is 322 g/mol. The van der Waals surface area contributed by atoms with E-state index < -0.39 is 0 Å². The van der Waals surface area contributed by atoms with Crippen LogP contribution in [0.25, 0.3) is 0 Å². The summed E-state index contributed by atoms with van der Waals surface area (Å²) in [5, 5.41) is 0. The second-order valence-corrected chi connectivity index (χ2v) is 6.12. The molecular weight excluding hydrogens is 300 g/mol. The highest BCUT2D eigenvalue weighted by atomic mass is 16.5. The summed E-state index contributed by atoms with van der Waals surface area (Å²) in [6, 6.07) is 16.0. The van der Waals surface area contributed by atoms with E-state index in [9.17, 15) is 4.79 Å². The molecule has 2 amide bonds. The van der Waals surface area contributed by atoms with Crippen LogP contribution in [0.1, 0.15) is 16.7 Å². The van der Waals surface area contributed by atoms with Crippen molar-refractivity contribution in [3.05, 3.63) is 77.5 Å². The van der Waals surface area contributed by atoms with E-state index in [4.69, 9.17) is 4.74 Å². The fourth-order valence-electron chi connectivity index (χ4n) is 2.81. The molecule has 0 N–H and O–H groups in total. The molecule has 0 bridgehead atoms. The van der Waals surface area contributed by atoms with Crippen molar-refractivity contribution < 1.29 is 9.53 Å². The first-order valence-corrected chi connectivity index (χ1v) is 7.99. The van der Waals surface area contributed by atoms with Gasteiger partial charge in [-0.3, -0.25) is 4.90 Å². The van der Waals surface area contributed by atoms with Gasteiger partial charge in [0, 0.05) is 12.2 Å². The van der Waals surface area contributed by atoms with Gasteiger partial charge in [-0.05, 0) is 30.2 Å². The minimum atomic E-state index is 0.0105. The molecule has 24 heavy (non-hydrogen) atoms. The molecule has 0 aliphatic carbocycles. The lowest BCUT2D eigenvalue weighted by Gasteiger charge is -2.19. The first-order valence-electron chi connectivity index (χ1n) is 7.99. The molecule has 0 radical (unpaired) electrons. The summed E-state index contributed by atoms with van der Waals surface area (Å²) in [7, 11) is 1.64. The summed E-state index contributed by atoms with van der Waals surface area (Å²) in [4.78, 5) is 16.3. The number of amides is 2. The zero-order valence-electron chi connectivity index (χ0n) is 14.2. The van der Waals surface area contributed by atoms with Crippen LogP contribution in [0.5, 0.6) is 5.75 Å². The van der Waals surface area contributed by atoms with E-state index in [0.29, 0.717) is 19.6 Å². The van der Waals surface area contributed by atoms with E-state index in [1.54, 1.807) is 12.0 Å². The van der Waals surface area contributed by atoms with Crippen LogP contribution < -0.4 is 4.74 Å². The highest BCUT2D eigenvalue weighted by Gasteiger charge is 2.31. The van der Waals surface area contributed by atoms with Crippen LogP contribution in [0.3, 0.4) is 0 Å². The standard InChI is InChI=1S/C20H22N2O2/c1-15-4-6-18(7-5-15)14-22-16(2)12-21(20(22)23)13-17-8-10-19(24-3)11-9-17/h4-11H,2,12-14H2,1,3H3. The van der Waals surface area contributed by atoms with Crippen LogP contribution in [0.4, 0.5) is 4.79 Å².